The summed E-state index contributed by atoms with van der Waals surface area (Å²) < 4.78 is 0. The van der Waals surface area contributed by atoms with Gasteiger partial charge in [-0.15, -0.1) is 0 Å². The van der Waals surface area contributed by atoms with Crippen LogP contribution in [0, 0.1) is 12.3 Å². The van der Waals surface area contributed by atoms with Gasteiger partial charge in [-0.3, -0.25) is 9.89 Å². The van der Waals surface area contributed by atoms with Crippen molar-refractivity contribution in [2.75, 3.05) is 0 Å². The van der Waals surface area contributed by atoms with Crippen LogP contribution < -0.4 is 11.1 Å². The summed E-state index contributed by atoms with van der Waals surface area (Å²) in [6.45, 7) is 7.80. The first-order valence-corrected chi connectivity index (χ1v) is 8.40. The summed E-state index contributed by atoms with van der Waals surface area (Å²) in [5, 5.41) is 19.8. The Bertz CT molecular complexity index is 1020. The van der Waals surface area contributed by atoms with Gasteiger partial charge in [-0.1, -0.05) is 32.0 Å². The topological polar surface area (TPSA) is 121 Å². The standard InChI is InChI=1S/C20H21N4O3/c1-20(2,3)17(22-19(26)27)12-6-4-5-11(9-12)16-14-10-13(18(21)25)7-8-15(14)23-24-16/h4-10,17,22H,1H2,2-3H3,(H2,21,25)(H,23,24)(H,26,27). The van der Waals surface area contributed by atoms with E-state index in [-0.39, 0.29) is 0 Å². The first-order chi connectivity index (χ1) is 12.7. The van der Waals surface area contributed by atoms with Crippen LogP contribution in [0.3, 0.4) is 0 Å². The van der Waals surface area contributed by atoms with E-state index in [1.165, 1.54) is 0 Å². The van der Waals surface area contributed by atoms with Gasteiger partial charge in [0.25, 0.3) is 0 Å². The molecule has 27 heavy (non-hydrogen) atoms. The van der Waals surface area contributed by atoms with Gasteiger partial charge in [-0.2, -0.15) is 5.10 Å². The molecule has 0 spiro atoms. The molecule has 0 aliphatic carbocycles. The number of carbonyl (C=O) groups is 2. The number of nitrogens with zero attached hydrogens (tertiary/aromatic N) is 1. The first kappa shape index (κ1) is 18.4. The van der Waals surface area contributed by atoms with Gasteiger partial charge in [-0.25, -0.2) is 4.79 Å². The van der Waals surface area contributed by atoms with Gasteiger partial charge in [-0.05, 0) is 42.2 Å². The number of nitrogens with two attached hydrogens (primary N) is 1. The van der Waals surface area contributed by atoms with E-state index in [1.807, 2.05) is 38.1 Å². The number of carboxylic acid groups (broad SMARTS) is 1. The lowest BCUT2D eigenvalue weighted by Crippen LogP contribution is -2.35. The van der Waals surface area contributed by atoms with Crippen LogP contribution in [0.4, 0.5) is 4.79 Å². The quantitative estimate of drug-likeness (QED) is 0.553. The van der Waals surface area contributed by atoms with E-state index >= 15 is 0 Å². The van der Waals surface area contributed by atoms with Gasteiger partial charge in [0.2, 0.25) is 5.91 Å². The zero-order chi connectivity index (χ0) is 19.8. The Morgan fingerprint density at radius 2 is 2.00 bits per heavy atom. The number of benzene rings is 2. The largest absolute Gasteiger partial charge is 0.465 e. The van der Waals surface area contributed by atoms with Crippen LogP contribution in [0.1, 0.15) is 35.8 Å². The van der Waals surface area contributed by atoms with Crippen molar-refractivity contribution in [1.82, 2.24) is 15.5 Å². The zero-order valence-electron chi connectivity index (χ0n) is 15.1. The van der Waals surface area contributed by atoms with E-state index in [2.05, 4.69) is 22.4 Å². The van der Waals surface area contributed by atoms with Crippen LogP contribution in [0.25, 0.3) is 22.2 Å². The number of carbonyl (C=O) groups excluding carboxylic acids is 1. The molecule has 5 N–H and O–H groups in total. The van der Waals surface area contributed by atoms with Crippen LogP contribution in [-0.4, -0.2) is 27.3 Å². The third kappa shape index (κ3) is 3.76. The van der Waals surface area contributed by atoms with Gasteiger partial charge in [0, 0.05) is 16.5 Å². The number of aromatic nitrogens is 2. The van der Waals surface area contributed by atoms with Gasteiger partial charge in [0.15, 0.2) is 0 Å². The fourth-order valence-corrected chi connectivity index (χ4v) is 3.11. The van der Waals surface area contributed by atoms with E-state index in [0.717, 1.165) is 22.0 Å². The minimum Gasteiger partial charge on any atom is -0.465 e. The summed E-state index contributed by atoms with van der Waals surface area (Å²) in [6.07, 6.45) is -1.11. The molecule has 139 valence electrons. The molecule has 1 aromatic heterocycles. The monoisotopic (exact) mass is 365 g/mol. The van der Waals surface area contributed by atoms with Crippen LogP contribution in [-0.2, 0) is 0 Å². The van der Waals surface area contributed by atoms with Gasteiger partial charge in [0.05, 0.1) is 17.3 Å². The van der Waals surface area contributed by atoms with Gasteiger partial charge >= 0.3 is 6.09 Å². The zero-order valence-corrected chi connectivity index (χ0v) is 15.1. The molecular weight excluding hydrogens is 344 g/mol. The van der Waals surface area contributed by atoms with Crippen LogP contribution >= 0.6 is 0 Å². The van der Waals surface area contributed by atoms with Crippen molar-refractivity contribution < 1.29 is 14.7 Å². The summed E-state index contributed by atoms with van der Waals surface area (Å²) in [6, 6.07) is 12.0. The summed E-state index contributed by atoms with van der Waals surface area (Å²) in [5.41, 5.74) is 8.21. The highest BCUT2D eigenvalue weighted by Gasteiger charge is 2.28. The summed E-state index contributed by atoms with van der Waals surface area (Å²) in [7, 11) is 0. The predicted molar refractivity (Wildman–Crippen MR) is 103 cm³/mol. The SMILES string of the molecule is [CH2]C(C)(C)C(NC(=O)O)c1cccc(-c2n[nH]c3ccc(C(N)=O)cc23)c1. The average Bonchev–Trinajstić information content (AvgIpc) is 3.01. The third-order valence-corrected chi connectivity index (χ3v) is 4.39. The predicted octanol–water partition coefficient (Wildman–Crippen LogP) is 3.50. The third-order valence-electron chi connectivity index (χ3n) is 4.39. The van der Waals surface area contributed by atoms with Crippen LogP contribution in [0.2, 0.25) is 0 Å². The molecule has 1 unspecified atom stereocenters. The summed E-state index contributed by atoms with van der Waals surface area (Å²) in [5.74, 6) is -0.512. The fourth-order valence-electron chi connectivity index (χ4n) is 3.11. The molecule has 1 atom stereocenters. The van der Waals surface area contributed by atoms with Crippen molar-refractivity contribution >= 4 is 22.9 Å². The number of hydrogen-bond acceptors (Lipinski definition) is 3. The van der Waals surface area contributed by atoms with E-state index in [9.17, 15) is 14.7 Å². The second kappa shape index (κ2) is 6.75. The first-order valence-electron chi connectivity index (χ1n) is 8.40. The molecule has 7 nitrogen and oxygen atoms in total. The number of rotatable bonds is 5. The summed E-state index contributed by atoms with van der Waals surface area (Å²) >= 11 is 0. The van der Waals surface area contributed by atoms with Crippen molar-refractivity contribution in [2.24, 2.45) is 11.1 Å². The minimum absolute atomic E-state index is 0.394. The number of H-pyrrole nitrogens is 1. The highest BCUT2D eigenvalue weighted by Crippen LogP contribution is 2.35. The van der Waals surface area contributed by atoms with Crippen molar-refractivity contribution in [2.45, 2.75) is 19.9 Å². The van der Waals surface area contributed by atoms with Crippen molar-refractivity contribution in [1.29, 1.82) is 0 Å². The number of amides is 2. The molecule has 0 saturated heterocycles. The van der Waals surface area contributed by atoms with Gasteiger partial charge in [0.1, 0.15) is 0 Å². The molecule has 2 aromatic carbocycles. The molecular formula is C20H21N4O3. The number of primary amides is 1. The number of hydrogen-bond donors (Lipinski definition) is 4. The Labute approximate surface area is 156 Å². The second-order valence-electron chi connectivity index (χ2n) is 7.19. The number of aromatic amines is 1. The summed E-state index contributed by atoms with van der Waals surface area (Å²) in [4.78, 5) is 22.7. The molecule has 1 heterocycles. The van der Waals surface area contributed by atoms with E-state index in [1.54, 1.807) is 18.2 Å². The highest BCUT2D eigenvalue weighted by atomic mass is 16.4. The molecule has 1 radical (unpaired) electrons. The van der Waals surface area contributed by atoms with Crippen molar-refractivity contribution in [3.8, 4) is 11.3 Å². The molecule has 0 bridgehead atoms. The van der Waals surface area contributed by atoms with E-state index in [0.29, 0.717) is 11.3 Å². The Balaban J connectivity index is 2.10. The Morgan fingerprint density at radius 1 is 1.26 bits per heavy atom. The lowest BCUT2D eigenvalue weighted by Gasteiger charge is -2.31. The minimum atomic E-state index is -1.11. The lowest BCUT2D eigenvalue weighted by molar-refractivity contribution is 0.100. The maximum atomic E-state index is 11.5. The average molecular weight is 365 g/mol. The lowest BCUT2D eigenvalue weighted by atomic mass is 9.82. The van der Waals surface area contributed by atoms with E-state index in [4.69, 9.17) is 5.73 Å². The highest BCUT2D eigenvalue weighted by molar-refractivity contribution is 6.00. The van der Waals surface area contributed by atoms with Gasteiger partial charge < -0.3 is 16.2 Å². The Hall–Kier alpha value is -3.35. The molecule has 7 heteroatoms. The number of nitrogens with one attached hydrogen (secondary N) is 2. The van der Waals surface area contributed by atoms with Crippen LogP contribution in [0.5, 0.6) is 0 Å². The Morgan fingerprint density at radius 3 is 2.63 bits per heavy atom. The maximum absolute atomic E-state index is 11.5. The van der Waals surface area contributed by atoms with Crippen molar-refractivity contribution in [3.05, 3.63) is 60.5 Å². The Kier molecular flexibility index (Phi) is 4.61. The van der Waals surface area contributed by atoms with E-state index < -0.39 is 23.5 Å². The van der Waals surface area contributed by atoms with Crippen molar-refractivity contribution in [3.63, 3.8) is 0 Å². The molecule has 0 fully saturated rings. The second-order valence-corrected chi connectivity index (χ2v) is 7.19. The normalized spacial score (nSPS) is 12.7. The smallest absolute Gasteiger partial charge is 0.405 e. The molecule has 0 aliphatic heterocycles. The molecule has 0 aliphatic rings. The van der Waals surface area contributed by atoms with Crippen LogP contribution in [0.15, 0.2) is 42.5 Å². The maximum Gasteiger partial charge on any atom is 0.405 e. The molecule has 3 aromatic rings. The fraction of sp³-hybridized carbons (Fsp3) is 0.200. The molecule has 0 saturated carbocycles. The molecule has 2 amide bonds. The number of fused-ring (bicyclic) bond motifs is 1. The molecule has 3 rings (SSSR count).